The number of benzene rings is 1. The van der Waals surface area contributed by atoms with Crippen molar-refractivity contribution >= 4 is 23.2 Å². The number of ether oxygens (including phenoxy) is 1. The Labute approximate surface area is 117 Å². The number of nitrogens with zero attached hydrogens (tertiary/aromatic N) is 1. The van der Waals surface area contributed by atoms with Gasteiger partial charge < -0.3 is 15.0 Å². The maximum atomic E-state index is 12.1. The number of fused-ring (bicyclic) bond motifs is 1. The van der Waals surface area contributed by atoms with Crippen LogP contribution < -0.4 is 15.0 Å². The smallest absolute Gasteiger partial charge is 0.267 e. The van der Waals surface area contributed by atoms with Gasteiger partial charge in [0.1, 0.15) is 5.75 Å². The van der Waals surface area contributed by atoms with Crippen LogP contribution in [-0.4, -0.2) is 24.5 Å². The molecule has 1 heterocycles. The number of amides is 2. The van der Waals surface area contributed by atoms with Crippen LogP contribution in [0.2, 0.25) is 0 Å². The summed E-state index contributed by atoms with van der Waals surface area (Å²) >= 11 is 0. The molecule has 5 nitrogen and oxygen atoms in total. The van der Waals surface area contributed by atoms with Gasteiger partial charge >= 0.3 is 0 Å². The lowest BCUT2D eigenvalue weighted by Crippen LogP contribution is -2.44. The molecule has 1 aromatic carbocycles. The van der Waals surface area contributed by atoms with Crippen molar-refractivity contribution in [2.45, 2.75) is 32.8 Å². The van der Waals surface area contributed by atoms with Crippen molar-refractivity contribution in [1.82, 2.24) is 0 Å². The normalized spacial score (nSPS) is 21.2. The highest BCUT2D eigenvalue weighted by Crippen LogP contribution is 2.37. The van der Waals surface area contributed by atoms with Crippen LogP contribution in [-0.2, 0) is 9.59 Å². The molecule has 1 N–H and O–H groups in total. The minimum Gasteiger partial charge on any atom is -0.479 e. The second kappa shape index (κ2) is 4.81. The number of carbonyl (C=O) groups excluding carboxylic acids is 2. The average molecular weight is 274 g/mol. The zero-order chi connectivity index (χ0) is 14.3. The molecule has 1 fully saturated rings. The summed E-state index contributed by atoms with van der Waals surface area (Å²) in [4.78, 5) is 25.6. The summed E-state index contributed by atoms with van der Waals surface area (Å²) in [6.07, 6.45) is 1.47. The van der Waals surface area contributed by atoms with E-state index in [9.17, 15) is 9.59 Å². The predicted octanol–water partition coefficient (Wildman–Crippen LogP) is 2.17. The summed E-state index contributed by atoms with van der Waals surface area (Å²) in [7, 11) is 0. The van der Waals surface area contributed by atoms with E-state index in [0.717, 1.165) is 18.5 Å². The Morgan fingerprint density at radius 3 is 2.85 bits per heavy atom. The fourth-order valence-corrected chi connectivity index (χ4v) is 2.40. The molecule has 1 aliphatic heterocycles. The van der Waals surface area contributed by atoms with Crippen molar-refractivity contribution in [3.63, 3.8) is 0 Å². The molecule has 0 bridgehead atoms. The van der Waals surface area contributed by atoms with E-state index in [4.69, 9.17) is 4.74 Å². The molecular weight excluding hydrogens is 256 g/mol. The lowest BCUT2D eigenvalue weighted by Gasteiger charge is -2.32. The highest BCUT2D eigenvalue weighted by Gasteiger charge is 2.32. The van der Waals surface area contributed by atoms with Crippen LogP contribution >= 0.6 is 0 Å². The second-order valence-corrected chi connectivity index (χ2v) is 5.29. The van der Waals surface area contributed by atoms with Crippen molar-refractivity contribution < 1.29 is 14.3 Å². The number of anilines is 2. The van der Waals surface area contributed by atoms with E-state index in [2.05, 4.69) is 5.32 Å². The third-order valence-corrected chi connectivity index (χ3v) is 3.70. The molecule has 0 saturated heterocycles. The summed E-state index contributed by atoms with van der Waals surface area (Å²) in [6.45, 7) is 4.26. The standard InChI is InChI=1S/C15H18N2O3/c1-3-17-12-8-11(16-14(18)10-4-5-10)6-7-13(12)20-9(2)15(17)19/h6-10H,3-5H2,1-2H3,(H,16,18). The third-order valence-electron chi connectivity index (χ3n) is 3.70. The molecule has 1 aromatic rings. The summed E-state index contributed by atoms with van der Waals surface area (Å²) in [5.41, 5.74) is 1.44. The van der Waals surface area contributed by atoms with Crippen molar-refractivity contribution in [3.8, 4) is 5.75 Å². The molecule has 2 amide bonds. The molecule has 1 saturated carbocycles. The highest BCUT2D eigenvalue weighted by molar-refractivity contribution is 6.01. The number of rotatable bonds is 3. The lowest BCUT2D eigenvalue weighted by atomic mass is 10.1. The molecular formula is C15H18N2O3. The fraction of sp³-hybridized carbons (Fsp3) is 0.467. The summed E-state index contributed by atoms with van der Waals surface area (Å²) in [5.74, 6) is 0.852. The maximum absolute atomic E-state index is 12.1. The number of hydrogen-bond donors (Lipinski definition) is 1. The van der Waals surface area contributed by atoms with Gasteiger partial charge in [0.25, 0.3) is 5.91 Å². The first-order valence-corrected chi connectivity index (χ1v) is 7.03. The molecule has 3 rings (SSSR count). The SMILES string of the molecule is CCN1C(=O)C(C)Oc2ccc(NC(=O)C3CC3)cc21. The van der Waals surface area contributed by atoms with E-state index in [1.54, 1.807) is 11.8 Å². The number of likely N-dealkylation sites (N-methyl/N-ethyl adjacent to an activating group) is 1. The van der Waals surface area contributed by atoms with E-state index < -0.39 is 6.10 Å². The highest BCUT2D eigenvalue weighted by atomic mass is 16.5. The first-order valence-electron chi connectivity index (χ1n) is 7.03. The van der Waals surface area contributed by atoms with Gasteiger partial charge in [0.2, 0.25) is 5.91 Å². The maximum Gasteiger partial charge on any atom is 0.267 e. The van der Waals surface area contributed by atoms with E-state index in [-0.39, 0.29) is 17.7 Å². The summed E-state index contributed by atoms with van der Waals surface area (Å²) in [5, 5.41) is 2.89. The van der Waals surface area contributed by atoms with Crippen LogP contribution in [0.3, 0.4) is 0 Å². The van der Waals surface area contributed by atoms with Gasteiger partial charge in [-0.05, 0) is 44.9 Å². The molecule has 0 aromatic heterocycles. The summed E-state index contributed by atoms with van der Waals surface area (Å²) in [6, 6.07) is 5.43. The molecule has 106 valence electrons. The molecule has 0 spiro atoms. The van der Waals surface area contributed by atoms with Gasteiger partial charge in [0.05, 0.1) is 5.69 Å². The summed E-state index contributed by atoms with van der Waals surface area (Å²) < 4.78 is 5.59. The van der Waals surface area contributed by atoms with E-state index >= 15 is 0 Å². The zero-order valence-electron chi connectivity index (χ0n) is 11.7. The van der Waals surface area contributed by atoms with Crippen LogP contribution in [0.1, 0.15) is 26.7 Å². The molecule has 1 aliphatic carbocycles. The van der Waals surface area contributed by atoms with E-state index in [0.29, 0.717) is 18.0 Å². The van der Waals surface area contributed by atoms with Crippen molar-refractivity contribution in [2.24, 2.45) is 5.92 Å². The van der Waals surface area contributed by atoms with Gasteiger partial charge in [-0.1, -0.05) is 0 Å². The quantitative estimate of drug-likeness (QED) is 0.919. The van der Waals surface area contributed by atoms with Gasteiger partial charge in [0.15, 0.2) is 6.10 Å². The van der Waals surface area contributed by atoms with E-state index in [1.165, 1.54) is 0 Å². The number of carbonyl (C=O) groups is 2. The Morgan fingerprint density at radius 2 is 2.20 bits per heavy atom. The monoisotopic (exact) mass is 274 g/mol. The Balaban J connectivity index is 1.88. The minimum atomic E-state index is -0.464. The molecule has 0 radical (unpaired) electrons. The van der Waals surface area contributed by atoms with Gasteiger partial charge in [-0.2, -0.15) is 0 Å². The topological polar surface area (TPSA) is 58.6 Å². The molecule has 1 atom stereocenters. The van der Waals surface area contributed by atoms with Crippen molar-refractivity contribution in [3.05, 3.63) is 18.2 Å². The Hall–Kier alpha value is -2.04. The fourth-order valence-electron chi connectivity index (χ4n) is 2.40. The van der Waals surface area contributed by atoms with Crippen LogP contribution in [0.4, 0.5) is 11.4 Å². The Morgan fingerprint density at radius 1 is 1.45 bits per heavy atom. The first-order chi connectivity index (χ1) is 9.60. The van der Waals surface area contributed by atoms with Crippen LogP contribution in [0, 0.1) is 5.92 Å². The van der Waals surface area contributed by atoms with Gasteiger partial charge in [0, 0.05) is 18.2 Å². The van der Waals surface area contributed by atoms with Gasteiger partial charge in [-0.25, -0.2) is 0 Å². The number of nitrogens with one attached hydrogen (secondary N) is 1. The van der Waals surface area contributed by atoms with Crippen LogP contribution in [0.15, 0.2) is 18.2 Å². The lowest BCUT2D eigenvalue weighted by molar-refractivity contribution is -0.125. The molecule has 1 unspecified atom stereocenters. The molecule has 20 heavy (non-hydrogen) atoms. The predicted molar refractivity (Wildman–Crippen MR) is 75.9 cm³/mol. The molecule has 2 aliphatic rings. The van der Waals surface area contributed by atoms with Crippen molar-refractivity contribution in [1.29, 1.82) is 0 Å². The Bertz CT molecular complexity index is 566. The average Bonchev–Trinajstić information content (AvgIpc) is 3.25. The molecule has 5 heteroatoms. The van der Waals surface area contributed by atoms with E-state index in [1.807, 2.05) is 25.1 Å². The van der Waals surface area contributed by atoms with Crippen LogP contribution in [0.25, 0.3) is 0 Å². The van der Waals surface area contributed by atoms with Gasteiger partial charge in [-0.3, -0.25) is 9.59 Å². The first kappa shape index (κ1) is 13.0. The zero-order valence-corrected chi connectivity index (χ0v) is 11.7. The van der Waals surface area contributed by atoms with Crippen molar-refractivity contribution in [2.75, 3.05) is 16.8 Å². The minimum absolute atomic E-state index is 0.0503. The second-order valence-electron chi connectivity index (χ2n) is 5.29. The Kier molecular flexibility index (Phi) is 3.12. The largest absolute Gasteiger partial charge is 0.479 e. The number of hydrogen-bond acceptors (Lipinski definition) is 3. The van der Waals surface area contributed by atoms with Crippen LogP contribution in [0.5, 0.6) is 5.75 Å². The van der Waals surface area contributed by atoms with Gasteiger partial charge in [-0.15, -0.1) is 0 Å². The third kappa shape index (κ3) is 2.24.